The largest absolute Gasteiger partial charge is 0.460 e. The fourth-order valence-electron chi connectivity index (χ4n) is 3.56. The van der Waals surface area contributed by atoms with Gasteiger partial charge in [-0.15, -0.1) is 0 Å². The molecule has 1 aliphatic rings. The normalized spacial score (nSPS) is 16.2. The number of halogens is 2. The van der Waals surface area contributed by atoms with Crippen molar-refractivity contribution < 1.29 is 17.6 Å². The van der Waals surface area contributed by atoms with Crippen LogP contribution in [-0.2, 0) is 16.4 Å². The van der Waals surface area contributed by atoms with Crippen LogP contribution in [0.25, 0.3) is 11.0 Å². The van der Waals surface area contributed by atoms with Crippen LogP contribution in [0.5, 0.6) is 0 Å². The minimum atomic E-state index is -3.81. The SMILES string of the molecule is CC1(C)CC(=O)c2c(oc3ccc(NS(=O)(=O)c4cc(Br)ccc4Br)cc23)C1. The molecule has 0 radical (unpaired) electrons. The minimum Gasteiger partial charge on any atom is -0.460 e. The van der Waals surface area contributed by atoms with Gasteiger partial charge in [0.05, 0.1) is 5.56 Å². The van der Waals surface area contributed by atoms with E-state index in [9.17, 15) is 13.2 Å². The first-order valence-corrected chi connectivity index (χ1v) is 11.7. The molecule has 0 bridgehead atoms. The Bertz CT molecular complexity index is 1230. The number of hydrogen-bond acceptors (Lipinski definition) is 4. The lowest BCUT2D eigenvalue weighted by Crippen LogP contribution is -2.25. The van der Waals surface area contributed by atoms with Crippen molar-refractivity contribution in [3.05, 3.63) is 56.7 Å². The Labute approximate surface area is 179 Å². The summed E-state index contributed by atoms with van der Waals surface area (Å²) < 4.78 is 35.3. The number of anilines is 1. The van der Waals surface area contributed by atoms with Crippen molar-refractivity contribution in [3.63, 3.8) is 0 Å². The molecule has 1 N–H and O–H groups in total. The summed E-state index contributed by atoms with van der Waals surface area (Å²) in [5, 5.41) is 0.643. The first-order chi connectivity index (χ1) is 13.1. The summed E-state index contributed by atoms with van der Waals surface area (Å²) in [6, 6.07) is 9.93. The molecule has 146 valence electrons. The Kier molecular flexibility index (Phi) is 4.71. The Morgan fingerprint density at radius 2 is 1.82 bits per heavy atom. The maximum absolute atomic E-state index is 12.8. The molecule has 0 saturated carbocycles. The van der Waals surface area contributed by atoms with Gasteiger partial charge in [0, 0.05) is 32.9 Å². The van der Waals surface area contributed by atoms with Gasteiger partial charge in [-0.3, -0.25) is 9.52 Å². The molecule has 2 aromatic carbocycles. The molecular weight excluding hydrogens is 510 g/mol. The zero-order chi connectivity index (χ0) is 20.3. The molecule has 0 fully saturated rings. The quantitative estimate of drug-likeness (QED) is 0.460. The summed E-state index contributed by atoms with van der Waals surface area (Å²) in [6.07, 6.45) is 1.12. The highest BCUT2D eigenvalue weighted by atomic mass is 79.9. The number of furan rings is 1. The number of carbonyl (C=O) groups excluding carboxylic acids is 1. The van der Waals surface area contributed by atoms with Crippen LogP contribution in [-0.4, -0.2) is 14.2 Å². The molecule has 0 aliphatic heterocycles. The van der Waals surface area contributed by atoms with E-state index in [1.165, 1.54) is 6.07 Å². The number of benzene rings is 2. The summed E-state index contributed by atoms with van der Waals surface area (Å²) in [5.41, 5.74) is 1.39. The fraction of sp³-hybridized carbons (Fsp3) is 0.250. The van der Waals surface area contributed by atoms with E-state index in [0.29, 0.717) is 49.8 Å². The number of sulfonamides is 1. The lowest BCUT2D eigenvalue weighted by molar-refractivity contribution is 0.0906. The van der Waals surface area contributed by atoms with Crippen molar-refractivity contribution in [2.75, 3.05) is 4.72 Å². The monoisotopic (exact) mass is 525 g/mol. The van der Waals surface area contributed by atoms with Gasteiger partial charge >= 0.3 is 0 Å². The molecule has 0 spiro atoms. The minimum absolute atomic E-state index is 0.0275. The zero-order valence-electron chi connectivity index (χ0n) is 15.2. The summed E-state index contributed by atoms with van der Waals surface area (Å²) in [4.78, 5) is 12.8. The van der Waals surface area contributed by atoms with Crippen LogP contribution >= 0.6 is 31.9 Å². The van der Waals surface area contributed by atoms with Crippen LogP contribution in [0.15, 0.2) is 54.7 Å². The van der Waals surface area contributed by atoms with Gasteiger partial charge in [-0.2, -0.15) is 0 Å². The van der Waals surface area contributed by atoms with Crippen molar-refractivity contribution >= 4 is 64.3 Å². The highest BCUT2D eigenvalue weighted by molar-refractivity contribution is 9.11. The average molecular weight is 527 g/mol. The van der Waals surface area contributed by atoms with Crippen LogP contribution in [0.1, 0.15) is 36.4 Å². The molecule has 8 heteroatoms. The van der Waals surface area contributed by atoms with Gasteiger partial charge < -0.3 is 4.42 Å². The van der Waals surface area contributed by atoms with Crippen molar-refractivity contribution in [1.82, 2.24) is 0 Å². The smallest absolute Gasteiger partial charge is 0.263 e. The molecule has 1 aromatic heterocycles. The number of fused-ring (bicyclic) bond motifs is 3. The number of rotatable bonds is 3. The van der Waals surface area contributed by atoms with Gasteiger partial charge in [0.1, 0.15) is 16.2 Å². The number of hydrogen-bond donors (Lipinski definition) is 1. The van der Waals surface area contributed by atoms with E-state index in [0.717, 1.165) is 0 Å². The lowest BCUT2D eigenvalue weighted by atomic mass is 9.76. The molecule has 3 aromatic rings. The maximum atomic E-state index is 12.8. The highest BCUT2D eigenvalue weighted by Crippen LogP contribution is 2.40. The third-order valence-electron chi connectivity index (χ3n) is 4.75. The Balaban J connectivity index is 1.76. The van der Waals surface area contributed by atoms with E-state index in [1.54, 1.807) is 30.3 Å². The number of carbonyl (C=O) groups is 1. The van der Waals surface area contributed by atoms with E-state index >= 15 is 0 Å². The summed E-state index contributed by atoms with van der Waals surface area (Å²) in [7, 11) is -3.81. The number of ketones is 1. The molecule has 4 rings (SSSR count). The van der Waals surface area contributed by atoms with E-state index < -0.39 is 10.0 Å². The Morgan fingerprint density at radius 3 is 2.57 bits per heavy atom. The third-order valence-corrected chi connectivity index (χ3v) is 7.62. The van der Waals surface area contributed by atoms with Gasteiger partial charge in [-0.05, 0) is 57.7 Å². The molecule has 0 atom stereocenters. The summed E-state index contributed by atoms with van der Waals surface area (Å²) >= 11 is 6.58. The van der Waals surface area contributed by atoms with Gasteiger partial charge in [0.15, 0.2) is 5.78 Å². The highest BCUT2D eigenvalue weighted by Gasteiger charge is 2.35. The second-order valence-electron chi connectivity index (χ2n) is 7.73. The third kappa shape index (κ3) is 3.53. The van der Waals surface area contributed by atoms with Gasteiger partial charge in [0.2, 0.25) is 0 Å². The molecule has 28 heavy (non-hydrogen) atoms. The van der Waals surface area contributed by atoms with E-state index in [1.807, 2.05) is 13.8 Å². The second kappa shape index (κ2) is 6.71. The standard InChI is InChI=1S/C20H17Br2NO4S/c1-20(2)9-15(24)19-13-8-12(4-6-16(13)27-17(19)10-20)23-28(25,26)18-7-11(21)3-5-14(18)22/h3-8,23H,9-10H2,1-2H3. The van der Waals surface area contributed by atoms with Crippen LogP contribution in [0.2, 0.25) is 0 Å². The molecule has 0 amide bonds. The second-order valence-corrected chi connectivity index (χ2v) is 11.2. The van der Waals surface area contributed by atoms with Crippen LogP contribution in [0, 0.1) is 5.41 Å². The number of Topliss-reactive ketones (excluding diaryl/α,β-unsaturated/α-hetero) is 1. The van der Waals surface area contributed by atoms with Gasteiger partial charge in [-0.25, -0.2) is 8.42 Å². The van der Waals surface area contributed by atoms with Crippen LogP contribution in [0.3, 0.4) is 0 Å². The van der Waals surface area contributed by atoms with E-state index in [2.05, 4.69) is 36.6 Å². The summed E-state index contributed by atoms with van der Waals surface area (Å²) in [6.45, 7) is 4.08. The van der Waals surface area contributed by atoms with Crippen LogP contribution in [0.4, 0.5) is 5.69 Å². The molecular formula is C20H17Br2NO4S. The molecule has 1 heterocycles. The molecule has 5 nitrogen and oxygen atoms in total. The summed E-state index contributed by atoms with van der Waals surface area (Å²) in [5.74, 6) is 0.700. The fourth-order valence-corrected chi connectivity index (χ4v) is 6.11. The predicted molar refractivity (Wildman–Crippen MR) is 115 cm³/mol. The van der Waals surface area contributed by atoms with Crippen LogP contribution < -0.4 is 4.72 Å². The maximum Gasteiger partial charge on any atom is 0.263 e. The van der Waals surface area contributed by atoms with E-state index in [-0.39, 0.29) is 16.1 Å². The first-order valence-electron chi connectivity index (χ1n) is 8.62. The molecule has 0 unspecified atom stereocenters. The molecule has 1 aliphatic carbocycles. The average Bonchev–Trinajstić information content (AvgIpc) is 2.92. The Morgan fingerprint density at radius 1 is 1.07 bits per heavy atom. The zero-order valence-corrected chi connectivity index (χ0v) is 19.2. The Hall–Kier alpha value is -1.64. The van der Waals surface area contributed by atoms with Crippen molar-refractivity contribution in [1.29, 1.82) is 0 Å². The van der Waals surface area contributed by atoms with Crippen molar-refractivity contribution in [3.8, 4) is 0 Å². The van der Waals surface area contributed by atoms with Gasteiger partial charge in [0.25, 0.3) is 10.0 Å². The van der Waals surface area contributed by atoms with Gasteiger partial charge in [-0.1, -0.05) is 29.8 Å². The van der Waals surface area contributed by atoms with Crippen molar-refractivity contribution in [2.45, 2.75) is 31.6 Å². The predicted octanol–water partition coefficient (Wildman–Crippen LogP) is 5.91. The first kappa shape index (κ1) is 19.7. The topological polar surface area (TPSA) is 76.4 Å². The number of nitrogens with one attached hydrogen (secondary N) is 1. The van der Waals surface area contributed by atoms with E-state index in [4.69, 9.17) is 4.42 Å². The lowest BCUT2D eigenvalue weighted by Gasteiger charge is -2.27. The van der Waals surface area contributed by atoms with Crippen molar-refractivity contribution in [2.24, 2.45) is 5.41 Å². The molecule has 0 saturated heterocycles.